The van der Waals surface area contributed by atoms with Crippen molar-refractivity contribution < 1.29 is 10.2 Å². The number of hydrogen-bond acceptors (Lipinski definition) is 5. The Morgan fingerprint density at radius 3 is 2.79 bits per heavy atom. The van der Waals surface area contributed by atoms with Crippen molar-refractivity contribution in [1.29, 1.82) is 0 Å². The highest BCUT2D eigenvalue weighted by Gasteiger charge is 2.30. The molecule has 1 saturated carbocycles. The maximum atomic E-state index is 11.9. The zero-order valence-corrected chi connectivity index (χ0v) is 12.2. The normalized spacial score (nSPS) is 17.6. The molecule has 0 saturated heterocycles. The predicted molar refractivity (Wildman–Crippen MR) is 75.2 cm³/mol. The number of aromatic nitrogens is 2. The third kappa shape index (κ3) is 3.34. The maximum Gasteiger partial charge on any atom is 0.283 e. The molecule has 106 valence electrons. The zero-order chi connectivity index (χ0) is 13.9. The average molecular weight is 332 g/mol. The number of aliphatic hydroxyl groups is 2. The van der Waals surface area contributed by atoms with Crippen LogP contribution in [0.5, 0.6) is 0 Å². The van der Waals surface area contributed by atoms with E-state index < -0.39 is 5.60 Å². The number of hydrogen-bond donors (Lipinski definition) is 3. The molecule has 0 spiro atoms. The van der Waals surface area contributed by atoms with E-state index in [1.165, 1.54) is 10.9 Å². The fraction of sp³-hybridized carbons (Fsp3) is 0.667. The topological polar surface area (TPSA) is 87.4 Å². The van der Waals surface area contributed by atoms with Crippen molar-refractivity contribution in [3.8, 4) is 0 Å². The molecule has 1 fully saturated rings. The molecule has 1 heterocycles. The van der Waals surface area contributed by atoms with Crippen LogP contribution in [0, 0.1) is 0 Å². The maximum absolute atomic E-state index is 11.9. The first-order chi connectivity index (χ1) is 9.06. The fourth-order valence-electron chi connectivity index (χ4n) is 2.31. The van der Waals surface area contributed by atoms with Gasteiger partial charge in [0, 0.05) is 6.54 Å². The van der Waals surface area contributed by atoms with Crippen LogP contribution in [0.25, 0.3) is 0 Å². The highest BCUT2D eigenvalue weighted by molar-refractivity contribution is 9.10. The van der Waals surface area contributed by atoms with Gasteiger partial charge in [-0.1, -0.05) is 12.8 Å². The van der Waals surface area contributed by atoms with E-state index in [2.05, 4.69) is 26.3 Å². The first kappa shape index (κ1) is 14.5. The number of aliphatic hydroxyl groups excluding tert-OH is 1. The summed E-state index contributed by atoms with van der Waals surface area (Å²) in [6.07, 6.45) is 5.17. The van der Waals surface area contributed by atoms with E-state index in [9.17, 15) is 9.90 Å². The number of nitrogens with one attached hydrogen (secondary N) is 1. The van der Waals surface area contributed by atoms with Crippen molar-refractivity contribution in [2.24, 2.45) is 0 Å². The number of anilines is 1. The van der Waals surface area contributed by atoms with Crippen LogP contribution in [0.2, 0.25) is 0 Å². The third-order valence-corrected chi connectivity index (χ3v) is 4.21. The quantitative estimate of drug-likeness (QED) is 0.739. The summed E-state index contributed by atoms with van der Waals surface area (Å²) in [6.45, 7) is 0.449. The lowest BCUT2D eigenvalue weighted by molar-refractivity contribution is 0.0614. The molecular formula is C12H18BrN3O3. The van der Waals surface area contributed by atoms with E-state index >= 15 is 0 Å². The fourth-order valence-corrected chi connectivity index (χ4v) is 2.76. The Morgan fingerprint density at radius 1 is 1.47 bits per heavy atom. The minimum absolute atomic E-state index is 0.133. The van der Waals surface area contributed by atoms with Gasteiger partial charge in [-0.3, -0.25) is 4.79 Å². The monoisotopic (exact) mass is 331 g/mol. The van der Waals surface area contributed by atoms with Gasteiger partial charge in [-0.2, -0.15) is 5.10 Å². The van der Waals surface area contributed by atoms with Crippen LogP contribution in [-0.2, 0) is 6.54 Å². The molecule has 19 heavy (non-hydrogen) atoms. The first-order valence-electron chi connectivity index (χ1n) is 6.38. The van der Waals surface area contributed by atoms with Gasteiger partial charge in [0.15, 0.2) is 0 Å². The van der Waals surface area contributed by atoms with E-state index in [-0.39, 0.29) is 18.7 Å². The molecule has 2 rings (SSSR count). The zero-order valence-electron chi connectivity index (χ0n) is 10.6. The number of nitrogens with zero attached hydrogens (tertiary/aromatic N) is 2. The molecule has 1 aromatic rings. The molecule has 0 aliphatic heterocycles. The lowest BCUT2D eigenvalue weighted by Gasteiger charge is -2.23. The van der Waals surface area contributed by atoms with E-state index in [0.717, 1.165) is 25.7 Å². The molecule has 1 aliphatic carbocycles. The summed E-state index contributed by atoms with van der Waals surface area (Å²) in [4.78, 5) is 11.9. The Bertz CT molecular complexity index is 497. The molecular weight excluding hydrogens is 314 g/mol. The summed E-state index contributed by atoms with van der Waals surface area (Å²) in [6, 6.07) is 0. The Morgan fingerprint density at radius 2 is 2.16 bits per heavy atom. The summed E-state index contributed by atoms with van der Waals surface area (Å²) in [5, 5.41) is 26.1. The second-order valence-electron chi connectivity index (χ2n) is 4.91. The van der Waals surface area contributed by atoms with Crippen molar-refractivity contribution >= 4 is 21.6 Å². The summed E-state index contributed by atoms with van der Waals surface area (Å²) >= 11 is 3.23. The molecule has 0 bridgehead atoms. The standard InChI is InChI=1S/C12H18BrN3O3/c13-10-9(7-15-16(5-6-17)11(10)18)14-8-12(19)3-1-2-4-12/h7,14,17,19H,1-6,8H2. The van der Waals surface area contributed by atoms with Crippen LogP contribution in [0.4, 0.5) is 5.69 Å². The largest absolute Gasteiger partial charge is 0.394 e. The summed E-state index contributed by atoms with van der Waals surface area (Å²) < 4.78 is 1.57. The molecule has 0 radical (unpaired) electrons. The van der Waals surface area contributed by atoms with Gasteiger partial charge < -0.3 is 15.5 Å². The third-order valence-electron chi connectivity index (χ3n) is 3.44. The predicted octanol–water partition coefficient (Wildman–Crippen LogP) is 0.715. The molecule has 1 aromatic heterocycles. The van der Waals surface area contributed by atoms with Crippen molar-refractivity contribution in [2.45, 2.75) is 37.8 Å². The van der Waals surface area contributed by atoms with Crippen LogP contribution >= 0.6 is 15.9 Å². The minimum Gasteiger partial charge on any atom is -0.394 e. The van der Waals surface area contributed by atoms with Crippen molar-refractivity contribution in [2.75, 3.05) is 18.5 Å². The van der Waals surface area contributed by atoms with Crippen molar-refractivity contribution in [1.82, 2.24) is 9.78 Å². The van der Waals surface area contributed by atoms with E-state index in [1.54, 1.807) is 0 Å². The molecule has 0 unspecified atom stereocenters. The Labute approximate surface area is 119 Å². The lowest BCUT2D eigenvalue weighted by atomic mass is 10.0. The van der Waals surface area contributed by atoms with Crippen molar-refractivity contribution in [3.63, 3.8) is 0 Å². The van der Waals surface area contributed by atoms with Gasteiger partial charge in [0.25, 0.3) is 5.56 Å². The van der Waals surface area contributed by atoms with E-state index in [0.29, 0.717) is 16.7 Å². The Hall–Kier alpha value is -0.920. The van der Waals surface area contributed by atoms with Gasteiger partial charge in [0.2, 0.25) is 0 Å². The van der Waals surface area contributed by atoms with E-state index in [4.69, 9.17) is 5.11 Å². The van der Waals surface area contributed by atoms with Gasteiger partial charge >= 0.3 is 0 Å². The second kappa shape index (κ2) is 6.02. The first-order valence-corrected chi connectivity index (χ1v) is 7.18. The number of rotatable bonds is 5. The van der Waals surface area contributed by atoms with E-state index in [1.807, 2.05) is 0 Å². The van der Waals surface area contributed by atoms with Gasteiger partial charge in [0.1, 0.15) is 4.47 Å². The summed E-state index contributed by atoms with van der Waals surface area (Å²) in [7, 11) is 0. The molecule has 3 N–H and O–H groups in total. The molecule has 0 atom stereocenters. The van der Waals surface area contributed by atoms with Gasteiger partial charge in [-0.25, -0.2) is 4.68 Å². The van der Waals surface area contributed by atoms with Gasteiger partial charge in [0.05, 0.1) is 30.6 Å². The van der Waals surface area contributed by atoms with Crippen LogP contribution in [0.1, 0.15) is 25.7 Å². The smallest absolute Gasteiger partial charge is 0.283 e. The van der Waals surface area contributed by atoms with Gasteiger partial charge in [-0.05, 0) is 28.8 Å². The Balaban J connectivity index is 2.09. The van der Waals surface area contributed by atoms with Crippen LogP contribution in [0.3, 0.4) is 0 Å². The molecule has 1 aliphatic rings. The van der Waals surface area contributed by atoms with Crippen molar-refractivity contribution in [3.05, 3.63) is 21.0 Å². The van der Waals surface area contributed by atoms with Crippen LogP contribution in [0.15, 0.2) is 15.5 Å². The molecule has 7 heteroatoms. The average Bonchev–Trinajstić information content (AvgIpc) is 2.82. The minimum atomic E-state index is -0.681. The SMILES string of the molecule is O=c1c(Br)c(NCC2(O)CCCC2)cnn1CCO. The highest BCUT2D eigenvalue weighted by Crippen LogP contribution is 2.30. The molecule has 6 nitrogen and oxygen atoms in total. The highest BCUT2D eigenvalue weighted by atomic mass is 79.9. The van der Waals surface area contributed by atoms with Crippen LogP contribution in [-0.4, -0.2) is 38.7 Å². The Kier molecular flexibility index (Phi) is 4.59. The van der Waals surface area contributed by atoms with Crippen LogP contribution < -0.4 is 10.9 Å². The van der Waals surface area contributed by atoms with Gasteiger partial charge in [-0.15, -0.1) is 0 Å². The summed E-state index contributed by atoms with van der Waals surface area (Å²) in [5.74, 6) is 0. The number of halogens is 1. The lowest BCUT2D eigenvalue weighted by Crippen LogP contribution is -2.34. The second-order valence-corrected chi connectivity index (χ2v) is 5.70. The molecule has 0 aromatic carbocycles. The molecule has 0 amide bonds. The summed E-state index contributed by atoms with van der Waals surface area (Å²) in [5.41, 5.74) is -0.406.